The maximum absolute atomic E-state index is 11.9. The number of rotatable bonds is 3. The molecule has 102 valence electrons. The summed E-state index contributed by atoms with van der Waals surface area (Å²) in [5, 5.41) is 2.79. The van der Waals surface area contributed by atoms with Gasteiger partial charge in [0, 0.05) is 26.0 Å². The molecule has 2 aromatic heterocycles. The molecule has 0 aliphatic rings. The van der Waals surface area contributed by atoms with Crippen molar-refractivity contribution in [1.82, 2.24) is 24.8 Å². The third kappa shape index (κ3) is 2.20. The van der Waals surface area contributed by atoms with Gasteiger partial charge in [-0.3, -0.25) is 4.79 Å². The third-order valence-electron chi connectivity index (χ3n) is 3.06. The number of aryl methyl sites for hydroxylation is 1. The van der Waals surface area contributed by atoms with Gasteiger partial charge < -0.3 is 19.9 Å². The molecule has 20 heavy (non-hydrogen) atoms. The lowest BCUT2D eigenvalue weighted by atomic mass is 10.2. The first kappa shape index (κ1) is 12.2. The van der Waals surface area contributed by atoms with Crippen LogP contribution < -0.4 is 11.0 Å². The van der Waals surface area contributed by atoms with Crippen molar-refractivity contribution in [2.75, 3.05) is 0 Å². The zero-order valence-electron chi connectivity index (χ0n) is 10.8. The van der Waals surface area contributed by atoms with Crippen molar-refractivity contribution in [2.24, 2.45) is 7.05 Å². The van der Waals surface area contributed by atoms with Crippen molar-refractivity contribution in [3.63, 3.8) is 0 Å². The van der Waals surface area contributed by atoms with Crippen LogP contribution in [0.15, 0.2) is 35.4 Å². The second kappa shape index (κ2) is 4.69. The van der Waals surface area contributed by atoms with Crippen LogP contribution in [0.5, 0.6) is 0 Å². The number of imidazole rings is 2. The SMILES string of the molecule is Cn1ccnc1C(=O)NCc1ccc2[nH]c(=O)[nH]c2c1. The molecule has 0 unspecified atom stereocenters. The molecule has 7 nitrogen and oxygen atoms in total. The molecule has 2 heterocycles. The fourth-order valence-corrected chi connectivity index (χ4v) is 2.04. The van der Waals surface area contributed by atoms with Crippen LogP contribution >= 0.6 is 0 Å². The highest BCUT2D eigenvalue weighted by atomic mass is 16.2. The summed E-state index contributed by atoms with van der Waals surface area (Å²) in [7, 11) is 1.76. The molecule has 1 amide bonds. The van der Waals surface area contributed by atoms with Gasteiger partial charge in [0.2, 0.25) is 0 Å². The number of fused-ring (bicyclic) bond motifs is 1. The number of nitrogens with zero attached hydrogens (tertiary/aromatic N) is 2. The summed E-state index contributed by atoms with van der Waals surface area (Å²) >= 11 is 0. The molecule has 7 heteroatoms. The second-order valence-electron chi connectivity index (χ2n) is 4.50. The largest absolute Gasteiger partial charge is 0.345 e. The van der Waals surface area contributed by atoms with Gasteiger partial charge in [-0.15, -0.1) is 0 Å². The average molecular weight is 271 g/mol. The fraction of sp³-hybridized carbons (Fsp3) is 0.154. The van der Waals surface area contributed by atoms with E-state index >= 15 is 0 Å². The van der Waals surface area contributed by atoms with E-state index in [0.29, 0.717) is 12.4 Å². The molecule has 0 radical (unpaired) electrons. The summed E-state index contributed by atoms with van der Waals surface area (Å²) < 4.78 is 1.65. The van der Waals surface area contributed by atoms with Crippen LogP contribution in [-0.4, -0.2) is 25.4 Å². The molecule has 3 rings (SSSR count). The Balaban J connectivity index is 1.75. The van der Waals surface area contributed by atoms with E-state index in [-0.39, 0.29) is 11.6 Å². The van der Waals surface area contributed by atoms with Gasteiger partial charge in [0.1, 0.15) is 0 Å². The maximum atomic E-state index is 11.9. The molecule has 0 saturated heterocycles. The van der Waals surface area contributed by atoms with Crippen LogP contribution in [-0.2, 0) is 13.6 Å². The highest BCUT2D eigenvalue weighted by molar-refractivity contribution is 5.90. The van der Waals surface area contributed by atoms with E-state index in [9.17, 15) is 9.59 Å². The zero-order valence-corrected chi connectivity index (χ0v) is 10.8. The number of nitrogens with one attached hydrogen (secondary N) is 3. The highest BCUT2D eigenvalue weighted by Gasteiger charge is 2.10. The Morgan fingerprint density at radius 1 is 1.35 bits per heavy atom. The summed E-state index contributed by atoms with van der Waals surface area (Å²) in [5.74, 6) is 0.126. The van der Waals surface area contributed by atoms with Crippen molar-refractivity contribution in [3.05, 3.63) is 52.5 Å². The Morgan fingerprint density at radius 2 is 2.15 bits per heavy atom. The van der Waals surface area contributed by atoms with E-state index in [1.807, 2.05) is 12.1 Å². The van der Waals surface area contributed by atoms with E-state index in [1.165, 1.54) is 0 Å². The van der Waals surface area contributed by atoms with E-state index in [0.717, 1.165) is 16.6 Å². The van der Waals surface area contributed by atoms with E-state index in [1.54, 1.807) is 30.1 Å². The number of amides is 1. The van der Waals surface area contributed by atoms with Gasteiger partial charge in [-0.05, 0) is 17.7 Å². The number of aromatic nitrogens is 4. The van der Waals surface area contributed by atoms with Gasteiger partial charge in [-0.25, -0.2) is 9.78 Å². The zero-order chi connectivity index (χ0) is 14.1. The average Bonchev–Trinajstić information content (AvgIpc) is 3.00. The maximum Gasteiger partial charge on any atom is 0.323 e. The third-order valence-corrected chi connectivity index (χ3v) is 3.06. The molecule has 0 aliphatic carbocycles. The lowest BCUT2D eigenvalue weighted by Gasteiger charge is -2.05. The molecule has 0 bridgehead atoms. The van der Waals surface area contributed by atoms with Gasteiger partial charge >= 0.3 is 5.69 Å². The lowest BCUT2D eigenvalue weighted by molar-refractivity contribution is 0.0937. The predicted molar refractivity (Wildman–Crippen MR) is 73.3 cm³/mol. The minimum Gasteiger partial charge on any atom is -0.345 e. The molecule has 0 saturated carbocycles. The molecule has 1 aromatic carbocycles. The summed E-state index contributed by atoms with van der Waals surface area (Å²) in [6, 6.07) is 5.48. The number of H-pyrrole nitrogens is 2. The van der Waals surface area contributed by atoms with Gasteiger partial charge in [-0.2, -0.15) is 0 Å². The first-order chi connectivity index (χ1) is 9.63. The van der Waals surface area contributed by atoms with E-state index < -0.39 is 0 Å². The molecule has 0 fully saturated rings. The Bertz CT molecular complexity index is 827. The standard InChI is InChI=1S/C13H13N5O2/c1-18-5-4-14-11(18)12(19)15-7-8-2-3-9-10(6-8)17-13(20)16-9/h2-6H,7H2,1H3,(H,15,19)(H2,16,17,20). The predicted octanol–water partition coefficient (Wildman–Crippen LogP) is 0.520. The van der Waals surface area contributed by atoms with Crippen molar-refractivity contribution in [1.29, 1.82) is 0 Å². The Hall–Kier alpha value is -2.83. The minimum atomic E-state index is -0.241. The van der Waals surface area contributed by atoms with Crippen molar-refractivity contribution >= 4 is 16.9 Å². The van der Waals surface area contributed by atoms with E-state index in [4.69, 9.17) is 0 Å². The topological polar surface area (TPSA) is 95.6 Å². The van der Waals surface area contributed by atoms with Crippen LogP contribution in [0.25, 0.3) is 11.0 Å². The minimum absolute atomic E-state index is 0.236. The van der Waals surface area contributed by atoms with Crippen molar-refractivity contribution in [3.8, 4) is 0 Å². The summed E-state index contributed by atoms with van der Waals surface area (Å²) in [6.45, 7) is 0.370. The Morgan fingerprint density at radius 3 is 2.90 bits per heavy atom. The number of hydrogen-bond acceptors (Lipinski definition) is 3. The van der Waals surface area contributed by atoms with Gasteiger partial charge in [0.25, 0.3) is 5.91 Å². The van der Waals surface area contributed by atoms with Crippen LogP contribution in [0.3, 0.4) is 0 Å². The van der Waals surface area contributed by atoms with Crippen LogP contribution in [0.1, 0.15) is 16.2 Å². The Kier molecular flexibility index (Phi) is 2.86. The number of benzene rings is 1. The molecule has 3 aromatic rings. The normalized spacial score (nSPS) is 10.8. The first-order valence-corrected chi connectivity index (χ1v) is 6.10. The monoisotopic (exact) mass is 271 g/mol. The molecule has 0 spiro atoms. The summed E-state index contributed by atoms with van der Waals surface area (Å²) in [6.07, 6.45) is 3.29. The first-order valence-electron chi connectivity index (χ1n) is 6.10. The van der Waals surface area contributed by atoms with Crippen LogP contribution in [0.2, 0.25) is 0 Å². The van der Waals surface area contributed by atoms with Crippen molar-refractivity contribution in [2.45, 2.75) is 6.54 Å². The van der Waals surface area contributed by atoms with Gasteiger partial charge in [0.05, 0.1) is 11.0 Å². The molecule has 0 aliphatic heterocycles. The van der Waals surface area contributed by atoms with Gasteiger partial charge in [0.15, 0.2) is 5.82 Å². The van der Waals surface area contributed by atoms with Crippen molar-refractivity contribution < 1.29 is 4.79 Å². The molecular formula is C13H13N5O2. The molecule has 0 atom stereocenters. The number of carbonyl (C=O) groups is 1. The summed E-state index contributed by atoms with van der Waals surface area (Å²) in [4.78, 5) is 32.4. The fourth-order valence-electron chi connectivity index (χ4n) is 2.04. The number of hydrogen-bond donors (Lipinski definition) is 3. The van der Waals surface area contributed by atoms with Crippen LogP contribution in [0.4, 0.5) is 0 Å². The Labute approximate surface area is 113 Å². The highest BCUT2D eigenvalue weighted by Crippen LogP contribution is 2.10. The van der Waals surface area contributed by atoms with E-state index in [2.05, 4.69) is 20.3 Å². The lowest BCUT2D eigenvalue weighted by Crippen LogP contribution is -2.25. The number of aromatic amines is 2. The number of carbonyl (C=O) groups excluding carboxylic acids is 1. The summed E-state index contributed by atoms with van der Waals surface area (Å²) in [5.41, 5.74) is 2.12. The second-order valence-corrected chi connectivity index (χ2v) is 4.50. The quantitative estimate of drug-likeness (QED) is 0.648. The molecule has 3 N–H and O–H groups in total. The van der Waals surface area contributed by atoms with Gasteiger partial charge in [-0.1, -0.05) is 6.07 Å². The molecular weight excluding hydrogens is 258 g/mol. The van der Waals surface area contributed by atoms with Crippen LogP contribution in [0, 0.1) is 0 Å². The smallest absolute Gasteiger partial charge is 0.323 e.